The van der Waals surface area contributed by atoms with E-state index in [-0.39, 0.29) is 22.9 Å². The number of carbonyl (C=O) groups excluding carboxylic acids is 2. The average Bonchev–Trinajstić information content (AvgIpc) is 3.06. The van der Waals surface area contributed by atoms with Crippen molar-refractivity contribution in [3.8, 4) is 0 Å². The molecule has 2 rings (SSSR count). The number of rotatable bonds is 8. The van der Waals surface area contributed by atoms with E-state index in [1.165, 1.54) is 6.92 Å². The van der Waals surface area contributed by atoms with E-state index in [0.29, 0.717) is 5.56 Å². The van der Waals surface area contributed by atoms with Gasteiger partial charge in [-0.1, -0.05) is 30.3 Å². The van der Waals surface area contributed by atoms with Gasteiger partial charge in [-0.25, -0.2) is 4.79 Å². The molecule has 0 fully saturated rings. The molecule has 0 saturated carbocycles. The zero-order valence-corrected chi connectivity index (χ0v) is 14.0. The number of carbonyl (C=O) groups is 2. The van der Waals surface area contributed by atoms with Crippen LogP contribution < -0.4 is 0 Å². The van der Waals surface area contributed by atoms with Crippen molar-refractivity contribution in [1.82, 2.24) is 0 Å². The molecule has 0 radical (unpaired) electrons. The first kappa shape index (κ1) is 19.8. The van der Waals surface area contributed by atoms with Crippen molar-refractivity contribution in [1.29, 1.82) is 0 Å². The summed E-state index contributed by atoms with van der Waals surface area (Å²) < 4.78 is 10.2. The molecule has 0 bridgehead atoms. The van der Waals surface area contributed by atoms with Gasteiger partial charge in [0, 0.05) is 5.56 Å². The number of hydrogen-bond donors (Lipinski definition) is 4. The number of benzene rings is 1. The fourth-order valence-electron chi connectivity index (χ4n) is 2.26. The molecule has 0 spiro atoms. The Kier molecular flexibility index (Phi) is 6.64. The largest absolute Gasteiger partial charge is 0.463 e. The first-order chi connectivity index (χ1) is 12.3. The third-order valence-electron chi connectivity index (χ3n) is 3.78. The zero-order chi connectivity index (χ0) is 19.3. The van der Waals surface area contributed by atoms with E-state index in [4.69, 9.17) is 14.3 Å². The van der Waals surface area contributed by atoms with Crippen LogP contribution in [-0.4, -0.2) is 57.6 Å². The molecule has 0 amide bonds. The number of aryl methyl sites for hydroxylation is 1. The summed E-state index contributed by atoms with van der Waals surface area (Å²) in [5.41, 5.74) is 0.382. The van der Waals surface area contributed by atoms with E-state index >= 15 is 0 Å². The van der Waals surface area contributed by atoms with Crippen LogP contribution >= 0.6 is 0 Å². The highest BCUT2D eigenvalue weighted by Gasteiger charge is 2.30. The fourth-order valence-corrected chi connectivity index (χ4v) is 2.26. The number of ether oxygens (including phenoxy) is 1. The molecule has 26 heavy (non-hydrogen) atoms. The van der Waals surface area contributed by atoms with Crippen molar-refractivity contribution in [3.05, 3.63) is 59.0 Å². The predicted octanol–water partition coefficient (Wildman–Crippen LogP) is 0.375. The zero-order valence-electron chi connectivity index (χ0n) is 14.0. The van der Waals surface area contributed by atoms with Gasteiger partial charge >= 0.3 is 5.97 Å². The van der Waals surface area contributed by atoms with Gasteiger partial charge in [0.1, 0.15) is 35.4 Å². The van der Waals surface area contributed by atoms with Crippen LogP contribution in [0.4, 0.5) is 0 Å². The summed E-state index contributed by atoms with van der Waals surface area (Å²) in [5, 5.41) is 37.8. The standard InChI is InChI=1S/C18H20O8/c1-10-12(7-15(26-10)17(23)16(22)13(20)8-19)18(24)25-9-14(21)11-5-3-2-4-6-11/h2-7,13,16-17,19-20,22-23H,8-9H2,1H3/t13-,16+,17+/m1/s1. The summed E-state index contributed by atoms with van der Waals surface area (Å²) in [6.45, 7) is 0.228. The maximum absolute atomic E-state index is 12.1. The number of ketones is 1. The molecule has 0 aliphatic heterocycles. The molecule has 0 saturated heterocycles. The van der Waals surface area contributed by atoms with Gasteiger partial charge in [-0.15, -0.1) is 0 Å². The van der Waals surface area contributed by atoms with Crippen molar-refractivity contribution in [2.24, 2.45) is 0 Å². The monoisotopic (exact) mass is 364 g/mol. The molecular weight excluding hydrogens is 344 g/mol. The summed E-state index contributed by atoms with van der Waals surface area (Å²) in [4.78, 5) is 24.1. The average molecular weight is 364 g/mol. The predicted molar refractivity (Wildman–Crippen MR) is 88.6 cm³/mol. The third kappa shape index (κ3) is 4.55. The Hall–Kier alpha value is -2.52. The summed E-state index contributed by atoms with van der Waals surface area (Å²) in [5.74, 6) is -1.27. The van der Waals surface area contributed by atoms with Gasteiger partial charge < -0.3 is 29.6 Å². The first-order valence-electron chi connectivity index (χ1n) is 7.86. The van der Waals surface area contributed by atoms with Crippen LogP contribution in [0.1, 0.15) is 38.3 Å². The second-order valence-corrected chi connectivity index (χ2v) is 5.67. The molecular formula is C18H20O8. The van der Waals surface area contributed by atoms with Crippen LogP contribution in [0.25, 0.3) is 0 Å². The molecule has 0 unspecified atom stereocenters. The summed E-state index contributed by atoms with van der Waals surface area (Å²) in [6, 6.07) is 9.49. The quantitative estimate of drug-likeness (QED) is 0.390. The smallest absolute Gasteiger partial charge is 0.342 e. The number of Topliss-reactive ketones (excluding diaryl/α,β-unsaturated/α-hetero) is 1. The van der Waals surface area contributed by atoms with Gasteiger partial charge in [-0.05, 0) is 13.0 Å². The highest BCUT2D eigenvalue weighted by molar-refractivity contribution is 5.99. The fraction of sp³-hybridized carbons (Fsp3) is 0.333. The maximum Gasteiger partial charge on any atom is 0.342 e. The van der Waals surface area contributed by atoms with E-state index in [1.54, 1.807) is 30.3 Å². The molecule has 2 aromatic rings. The van der Waals surface area contributed by atoms with E-state index < -0.39 is 37.5 Å². The van der Waals surface area contributed by atoms with E-state index in [9.17, 15) is 24.9 Å². The number of aliphatic hydroxyl groups is 4. The maximum atomic E-state index is 12.1. The molecule has 140 valence electrons. The number of hydrogen-bond acceptors (Lipinski definition) is 8. The van der Waals surface area contributed by atoms with E-state index in [2.05, 4.69) is 0 Å². The Balaban J connectivity index is 2.03. The van der Waals surface area contributed by atoms with Crippen molar-refractivity contribution in [2.45, 2.75) is 25.2 Å². The van der Waals surface area contributed by atoms with Gasteiger partial charge in [0.05, 0.1) is 6.61 Å². The SMILES string of the molecule is Cc1oc([C@H](O)[C@@H](O)[C@H](O)CO)cc1C(=O)OCC(=O)c1ccccc1. The van der Waals surface area contributed by atoms with Crippen LogP contribution in [0, 0.1) is 6.92 Å². The molecule has 8 nitrogen and oxygen atoms in total. The van der Waals surface area contributed by atoms with Crippen molar-refractivity contribution >= 4 is 11.8 Å². The van der Waals surface area contributed by atoms with Crippen molar-refractivity contribution < 1.29 is 39.2 Å². The van der Waals surface area contributed by atoms with E-state index in [1.807, 2.05) is 0 Å². The van der Waals surface area contributed by atoms with Crippen LogP contribution in [0.3, 0.4) is 0 Å². The number of furan rings is 1. The highest BCUT2D eigenvalue weighted by atomic mass is 16.5. The summed E-state index contributed by atoms with van der Waals surface area (Å²) >= 11 is 0. The Labute approximate surface area is 149 Å². The normalized spacial score (nSPS) is 14.5. The molecule has 8 heteroatoms. The Bertz CT molecular complexity index is 752. The molecule has 4 N–H and O–H groups in total. The van der Waals surface area contributed by atoms with Crippen molar-refractivity contribution in [3.63, 3.8) is 0 Å². The van der Waals surface area contributed by atoms with Gasteiger partial charge in [0.2, 0.25) is 0 Å². The summed E-state index contributed by atoms with van der Waals surface area (Å²) in [6.07, 6.45) is -4.92. The van der Waals surface area contributed by atoms with Crippen LogP contribution in [-0.2, 0) is 4.74 Å². The number of aliphatic hydroxyl groups excluding tert-OH is 4. The third-order valence-corrected chi connectivity index (χ3v) is 3.78. The van der Waals surface area contributed by atoms with Crippen LogP contribution in [0.15, 0.2) is 40.8 Å². The first-order valence-corrected chi connectivity index (χ1v) is 7.86. The molecule has 3 atom stereocenters. The van der Waals surface area contributed by atoms with Gasteiger partial charge in [-0.3, -0.25) is 4.79 Å². The van der Waals surface area contributed by atoms with Crippen molar-refractivity contribution in [2.75, 3.05) is 13.2 Å². The molecule has 0 aliphatic carbocycles. The van der Waals surface area contributed by atoms with E-state index in [0.717, 1.165) is 6.07 Å². The lowest BCUT2D eigenvalue weighted by atomic mass is 10.1. The summed E-state index contributed by atoms with van der Waals surface area (Å²) in [7, 11) is 0. The Morgan fingerprint density at radius 2 is 1.81 bits per heavy atom. The minimum atomic E-state index is -1.70. The van der Waals surface area contributed by atoms with Crippen LogP contribution in [0.5, 0.6) is 0 Å². The van der Waals surface area contributed by atoms with Gasteiger partial charge in [0.15, 0.2) is 12.4 Å². The second-order valence-electron chi connectivity index (χ2n) is 5.67. The van der Waals surface area contributed by atoms with Crippen LogP contribution in [0.2, 0.25) is 0 Å². The van der Waals surface area contributed by atoms with Gasteiger partial charge in [0.25, 0.3) is 0 Å². The Morgan fingerprint density at radius 3 is 2.42 bits per heavy atom. The lowest BCUT2D eigenvalue weighted by Gasteiger charge is -2.19. The van der Waals surface area contributed by atoms with Gasteiger partial charge in [-0.2, -0.15) is 0 Å². The second kappa shape index (κ2) is 8.72. The Morgan fingerprint density at radius 1 is 1.15 bits per heavy atom. The lowest BCUT2D eigenvalue weighted by molar-refractivity contribution is -0.0837. The lowest BCUT2D eigenvalue weighted by Crippen LogP contribution is -2.34. The molecule has 0 aliphatic rings. The molecule has 1 heterocycles. The molecule has 1 aromatic carbocycles. The highest BCUT2D eigenvalue weighted by Crippen LogP contribution is 2.25. The topological polar surface area (TPSA) is 137 Å². The minimum Gasteiger partial charge on any atom is -0.463 e. The molecule has 1 aromatic heterocycles. The number of esters is 1. The minimum absolute atomic E-state index is 0.0226.